The minimum Gasteiger partial charge on any atom is -0.494 e. The molecule has 1 aromatic carbocycles. The third-order valence-corrected chi connectivity index (χ3v) is 5.75. The number of aryl methyl sites for hydroxylation is 1. The lowest BCUT2D eigenvalue weighted by Crippen LogP contribution is -2.46. The second kappa shape index (κ2) is 9.53. The fraction of sp³-hybridized carbons (Fsp3) is 0.435. The van der Waals surface area contributed by atoms with Gasteiger partial charge < -0.3 is 14.1 Å². The van der Waals surface area contributed by atoms with E-state index in [0.717, 1.165) is 68.5 Å². The number of anilines is 1. The molecule has 5 rings (SSSR count). The molecule has 1 saturated heterocycles. The lowest BCUT2D eigenvalue weighted by atomic mass is 10.2. The summed E-state index contributed by atoms with van der Waals surface area (Å²) in [6, 6.07) is 9.86. The van der Waals surface area contributed by atoms with E-state index in [1.165, 1.54) is 0 Å². The predicted octanol–water partition coefficient (Wildman–Crippen LogP) is 2.98. The molecule has 172 valence electrons. The molecule has 0 amide bonds. The normalized spacial score (nSPS) is 14.8. The van der Waals surface area contributed by atoms with Crippen LogP contribution in [0.3, 0.4) is 0 Å². The van der Waals surface area contributed by atoms with Gasteiger partial charge in [-0.25, -0.2) is 4.98 Å². The van der Waals surface area contributed by atoms with E-state index in [1.54, 1.807) is 10.8 Å². The van der Waals surface area contributed by atoms with E-state index < -0.39 is 0 Å². The number of hydrogen-bond acceptors (Lipinski definition) is 9. The minimum atomic E-state index is 0.532. The average Bonchev–Trinajstić information content (AvgIpc) is 3.49. The Kier molecular flexibility index (Phi) is 6.16. The first kappa shape index (κ1) is 21.3. The monoisotopic (exact) mass is 448 g/mol. The van der Waals surface area contributed by atoms with Gasteiger partial charge in [-0.15, -0.1) is 10.2 Å². The van der Waals surface area contributed by atoms with Crippen LogP contribution in [-0.4, -0.2) is 67.5 Å². The van der Waals surface area contributed by atoms with Crippen molar-refractivity contribution in [3.63, 3.8) is 0 Å². The van der Waals surface area contributed by atoms with Crippen molar-refractivity contribution in [3.05, 3.63) is 48.2 Å². The lowest BCUT2D eigenvalue weighted by molar-refractivity contribution is 0.226. The molecule has 1 aliphatic rings. The Hall–Kier alpha value is -3.53. The van der Waals surface area contributed by atoms with E-state index in [-0.39, 0.29) is 0 Å². The Balaban J connectivity index is 1.18. The van der Waals surface area contributed by atoms with Crippen LogP contribution < -0.4 is 9.64 Å². The largest absolute Gasteiger partial charge is 0.494 e. The van der Waals surface area contributed by atoms with Gasteiger partial charge in [-0.05, 0) is 37.6 Å². The number of nitrogens with zero attached hydrogens (tertiary/aromatic N) is 8. The van der Waals surface area contributed by atoms with Gasteiger partial charge in [-0.1, -0.05) is 13.3 Å². The molecule has 0 unspecified atom stereocenters. The SMILES string of the molecule is CCCCOc1ccc(-c2nnc(CN3CCN(c4cc(C)nc5ncnn45)CC3)o2)cc1. The molecule has 0 spiro atoms. The summed E-state index contributed by atoms with van der Waals surface area (Å²) in [5.41, 5.74) is 1.83. The van der Waals surface area contributed by atoms with Crippen molar-refractivity contribution < 1.29 is 9.15 Å². The molecule has 0 N–H and O–H groups in total. The third kappa shape index (κ3) is 4.80. The van der Waals surface area contributed by atoms with Crippen LogP contribution >= 0.6 is 0 Å². The topological polar surface area (TPSA) is 97.7 Å². The van der Waals surface area contributed by atoms with Crippen LogP contribution in [0.4, 0.5) is 5.82 Å². The highest BCUT2D eigenvalue weighted by Gasteiger charge is 2.22. The average molecular weight is 449 g/mol. The first-order chi connectivity index (χ1) is 16.2. The van der Waals surface area contributed by atoms with Gasteiger partial charge in [-0.3, -0.25) is 4.90 Å². The summed E-state index contributed by atoms with van der Waals surface area (Å²) in [6.45, 7) is 9.02. The third-order valence-electron chi connectivity index (χ3n) is 5.75. The summed E-state index contributed by atoms with van der Waals surface area (Å²) < 4.78 is 13.5. The molecule has 0 bridgehead atoms. The Morgan fingerprint density at radius 1 is 1.06 bits per heavy atom. The number of benzene rings is 1. The molecule has 10 heteroatoms. The zero-order valence-electron chi connectivity index (χ0n) is 19.0. The predicted molar refractivity (Wildman–Crippen MR) is 123 cm³/mol. The fourth-order valence-corrected chi connectivity index (χ4v) is 3.93. The quantitative estimate of drug-likeness (QED) is 0.377. The molecule has 4 heterocycles. The van der Waals surface area contributed by atoms with Gasteiger partial charge in [-0.2, -0.15) is 14.6 Å². The zero-order chi connectivity index (χ0) is 22.6. The smallest absolute Gasteiger partial charge is 0.254 e. The number of hydrogen-bond donors (Lipinski definition) is 0. The molecule has 0 atom stereocenters. The first-order valence-electron chi connectivity index (χ1n) is 11.4. The zero-order valence-corrected chi connectivity index (χ0v) is 19.0. The van der Waals surface area contributed by atoms with Crippen molar-refractivity contribution in [2.75, 3.05) is 37.7 Å². The van der Waals surface area contributed by atoms with Gasteiger partial charge in [0.2, 0.25) is 11.8 Å². The van der Waals surface area contributed by atoms with E-state index in [1.807, 2.05) is 31.2 Å². The summed E-state index contributed by atoms with van der Waals surface area (Å²) >= 11 is 0. The van der Waals surface area contributed by atoms with Crippen molar-refractivity contribution in [3.8, 4) is 17.2 Å². The number of aromatic nitrogens is 6. The standard InChI is InChI=1S/C23H28N8O2/c1-3-4-13-32-19-7-5-18(6-8-19)22-28-27-20(33-22)15-29-9-11-30(12-10-29)21-14-17(2)26-23-24-16-25-31(21)23/h5-8,14,16H,3-4,9-13,15H2,1-2H3. The van der Waals surface area contributed by atoms with E-state index in [4.69, 9.17) is 9.15 Å². The maximum atomic E-state index is 5.94. The fourth-order valence-electron chi connectivity index (χ4n) is 3.93. The van der Waals surface area contributed by atoms with Crippen molar-refractivity contribution >= 4 is 11.6 Å². The molecule has 33 heavy (non-hydrogen) atoms. The number of piperazine rings is 1. The maximum Gasteiger partial charge on any atom is 0.254 e. The lowest BCUT2D eigenvalue weighted by Gasteiger charge is -2.35. The van der Waals surface area contributed by atoms with Gasteiger partial charge in [0.05, 0.1) is 13.2 Å². The highest BCUT2D eigenvalue weighted by Crippen LogP contribution is 2.23. The maximum absolute atomic E-state index is 5.94. The summed E-state index contributed by atoms with van der Waals surface area (Å²) in [4.78, 5) is 13.3. The molecule has 0 radical (unpaired) electrons. The molecular weight excluding hydrogens is 420 g/mol. The second-order valence-corrected chi connectivity index (χ2v) is 8.22. The number of fused-ring (bicyclic) bond motifs is 1. The summed E-state index contributed by atoms with van der Waals surface area (Å²) in [5.74, 6) is 3.67. The van der Waals surface area contributed by atoms with Crippen molar-refractivity contribution in [1.82, 2.24) is 34.7 Å². The van der Waals surface area contributed by atoms with E-state index >= 15 is 0 Å². The van der Waals surface area contributed by atoms with Crippen LogP contribution in [0.15, 0.2) is 41.1 Å². The van der Waals surface area contributed by atoms with Crippen molar-refractivity contribution in [2.45, 2.75) is 33.2 Å². The molecule has 1 aliphatic heterocycles. The molecule has 4 aromatic rings. The van der Waals surface area contributed by atoms with Crippen molar-refractivity contribution in [1.29, 1.82) is 0 Å². The van der Waals surface area contributed by atoms with Crippen LogP contribution in [0.5, 0.6) is 5.75 Å². The molecule has 3 aromatic heterocycles. The molecule has 0 saturated carbocycles. The summed E-state index contributed by atoms with van der Waals surface area (Å²) in [5, 5.41) is 12.8. The Morgan fingerprint density at radius 3 is 2.67 bits per heavy atom. The van der Waals surface area contributed by atoms with Gasteiger partial charge in [0.1, 0.15) is 17.9 Å². The number of rotatable bonds is 8. The molecule has 10 nitrogen and oxygen atoms in total. The highest BCUT2D eigenvalue weighted by molar-refractivity contribution is 5.54. The molecule has 0 aliphatic carbocycles. The van der Waals surface area contributed by atoms with Crippen LogP contribution in [0, 0.1) is 6.92 Å². The number of ether oxygens (including phenoxy) is 1. The first-order valence-corrected chi connectivity index (χ1v) is 11.4. The Labute approximate surface area is 192 Å². The van der Waals surface area contributed by atoms with Crippen LogP contribution in [0.1, 0.15) is 31.4 Å². The van der Waals surface area contributed by atoms with E-state index in [9.17, 15) is 0 Å². The van der Waals surface area contributed by atoms with Gasteiger partial charge in [0.25, 0.3) is 5.78 Å². The van der Waals surface area contributed by atoms with Gasteiger partial charge >= 0.3 is 0 Å². The van der Waals surface area contributed by atoms with Crippen LogP contribution in [0.2, 0.25) is 0 Å². The number of unbranched alkanes of at least 4 members (excludes halogenated alkanes) is 1. The highest BCUT2D eigenvalue weighted by atomic mass is 16.5. The van der Waals surface area contributed by atoms with Crippen LogP contribution in [-0.2, 0) is 6.54 Å². The molecular formula is C23H28N8O2. The Bertz CT molecular complexity index is 1190. The summed E-state index contributed by atoms with van der Waals surface area (Å²) in [6.07, 6.45) is 3.71. The molecule has 1 fully saturated rings. The van der Waals surface area contributed by atoms with Gasteiger partial charge in [0, 0.05) is 43.5 Å². The Morgan fingerprint density at radius 2 is 1.88 bits per heavy atom. The van der Waals surface area contributed by atoms with E-state index in [2.05, 4.69) is 48.1 Å². The van der Waals surface area contributed by atoms with Crippen molar-refractivity contribution in [2.24, 2.45) is 0 Å². The van der Waals surface area contributed by atoms with Crippen LogP contribution in [0.25, 0.3) is 17.2 Å². The summed E-state index contributed by atoms with van der Waals surface area (Å²) in [7, 11) is 0. The minimum absolute atomic E-state index is 0.532. The van der Waals surface area contributed by atoms with E-state index in [0.29, 0.717) is 24.1 Å². The second-order valence-electron chi connectivity index (χ2n) is 8.22. The van der Waals surface area contributed by atoms with Gasteiger partial charge in [0.15, 0.2) is 0 Å².